The summed E-state index contributed by atoms with van der Waals surface area (Å²) in [6.45, 7) is 6.50. The number of hydrogen-bond acceptors (Lipinski definition) is 5. The van der Waals surface area contributed by atoms with E-state index in [2.05, 4.69) is 26.3 Å². The number of aryl methyl sites for hydroxylation is 1. The molecular weight excluding hydrogens is 335 g/mol. The number of fused-ring (bicyclic) bond motifs is 2. The summed E-state index contributed by atoms with van der Waals surface area (Å²) < 4.78 is 17.5. The highest BCUT2D eigenvalue weighted by Gasteiger charge is 2.53. The van der Waals surface area contributed by atoms with E-state index in [4.69, 9.17) is 0 Å². The zero-order valence-corrected chi connectivity index (χ0v) is 15.3. The van der Waals surface area contributed by atoms with E-state index < -0.39 is 0 Å². The van der Waals surface area contributed by atoms with Crippen molar-refractivity contribution >= 4 is 11.5 Å². The molecule has 0 N–H and O–H groups in total. The normalized spacial score (nSPS) is 34.4. The first kappa shape index (κ1) is 15.9. The van der Waals surface area contributed by atoms with Crippen molar-refractivity contribution in [3.63, 3.8) is 0 Å². The number of rotatable bonds is 3. The molecule has 25 heavy (non-hydrogen) atoms. The van der Waals surface area contributed by atoms with Gasteiger partial charge in [0.2, 0.25) is 0 Å². The van der Waals surface area contributed by atoms with Gasteiger partial charge in [-0.05, 0) is 68.0 Å². The fourth-order valence-electron chi connectivity index (χ4n) is 5.31. The average Bonchev–Trinajstić information content (AvgIpc) is 3.23. The lowest BCUT2D eigenvalue weighted by atomic mass is 9.75. The monoisotopic (exact) mass is 358 g/mol. The minimum Gasteiger partial charge on any atom is -0.298 e. The maximum atomic E-state index is 13.4. The van der Waals surface area contributed by atoms with Gasteiger partial charge in [-0.25, -0.2) is 4.39 Å². The Kier molecular flexibility index (Phi) is 3.87. The van der Waals surface area contributed by atoms with Gasteiger partial charge in [-0.3, -0.25) is 9.80 Å². The summed E-state index contributed by atoms with van der Waals surface area (Å²) in [5.41, 5.74) is 2.35. The van der Waals surface area contributed by atoms with Gasteiger partial charge in [0, 0.05) is 31.1 Å². The fourth-order valence-corrected chi connectivity index (χ4v) is 5.96. The lowest BCUT2D eigenvalue weighted by Crippen LogP contribution is -2.59. The van der Waals surface area contributed by atoms with Crippen LogP contribution in [0.3, 0.4) is 0 Å². The summed E-state index contributed by atoms with van der Waals surface area (Å²) in [7, 11) is 0. The molecule has 4 aliphatic rings. The molecule has 0 amide bonds. The molecule has 1 aromatic heterocycles. The van der Waals surface area contributed by atoms with Gasteiger partial charge in [0.05, 0.1) is 10.6 Å². The standard InChI is InChI=1S/C19H23FN4S/c1-12-17(25-22-21-12)11-24-10-16(13-2-4-15(20)5-3-13)19-18(24)14-6-8-23(19)9-7-14/h2-5,14,16,18-19H,6-11H2,1H3/t16-,18+,19+/m0/s1. The Morgan fingerprint density at radius 2 is 1.92 bits per heavy atom. The molecule has 4 fully saturated rings. The Morgan fingerprint density at radius 3 is 2.60 bits per heavy atom. The van der Waals surface area contributed by atoms with Crippen molar-refractivity contribution in [2.24, 2.45) is 5.92 Å². The lowest BCUT2D eigenvalue weighted by molar-refractivity contribution is -0.00850. The van der Waals surface area contributed by atoms with Crippen LogP contribution in [0.15, 0.2) is 24.3 Å². The molecule has 0 saturated carbocycles. The van der Waals surface area contributed by atoms with Gasteiger partial charge in [0.1, 0.15) is 5.82 Å². The maximum absolute atomic E-state index is 13.4. The number of benzene rings is 1. The molecule has 1 aromatic carbocycles. The molecule has 6 rings (SSSR count). The van der Waals surface area contributed by atoms with Crippen LogP contribution in [0.25, 0.3) is 0 Å². The minimum atomic E-state index is -0.146. The summed E-state index contributed by atoms with van der Waals surface area (Å²) >= 11 is 1.53. The molecule has 4 nitrogen and oxygen atoms in total. The molecule has 2 aromatic rings. The van der Waals surface area contributed by atoms with Crippen LogP contribution in [0.1, 0.15) is 34.9 Å². The van der Waals surface area contributed by atoms with E-state index in [1.54, 1.807) is 12.1 Å². The van der Waals surface area contributed by atoms with Crippen LogP contribution < -0.4 is 0 Å². The van der Waals surface area contributed by atoms with E-state index in [9.17, 15) is 4.39 Å². The lowest BCUT2D eigenvalue weighted by Gasteiger charge is -2.51. The second-order valence-corrected chi connectivity index (χ2v) is 8.56. The molecule has 2 bridgehead atoms. The maximum Gasteiger partial charge on any atom is 0.123 e. The molecule has 3 atom stereocenters. The summed E-state index contributed by atoms with van der Waals surface area (Å²) in [5, 5.41) is 4.19. The quantitative estimate of drug-likeness (QED) is 0.844. The molecule has 5 heterocycles. The fraction of sp³-hybridized carbons (Fsp3) is 0.579. The smallest absolute Gasteiger partial charge is 0.123 e. The molecular formula is C19H23FN4S. The average molecular weight is 358 g/mol. The Bertz CT molecular complexity index is 753. The third kappa shape index (κ3) is 2.62. The van der Waals surface area contributed by atoms with Crippen molar-refractivity contribution in [1.82, 2.24) is 19.4 Å². The predicted octanol–water partition coefficient (Wildman–Crippen LogP) is 3.05. The third-order valence-electron chi connectivity index (χ3n) is 6.48. The number of hydrogen-bond donors (Lipinski definition) is 0. The van der Waals surface area contributed by atoms with Crippen molar-refractivity contribution in [3.05, 3.63) is 46.2 Å². The number of halogens is 1. The summed E-state index contributed by atoms with van der Waals surface area (Å²) in [6.07, 6.45) is 2.63. The zero-order valence-electron chi connectivity index (χ0n) is 14.4. The Morgan fingerprint density at radius 1 is 1.16 bits per heavy atom. The molecule has 132 valence electrons. The van der Waals surface area contributed by atoms with E-state index in [0.29, 0.717) is 18.0 Å². The van der Waals surface area contributed by atoms with Crippen LogP contribution in [0.2, 0.25) is 0 Å². The molecule has 0 unspecified atom stereocenters. The second kappa shape index (κ2) is 6.11. The molecule has 0 aliphatic carbocycles. The van der Waals surface area contributed by atoms with E-state index in [1.807, 2.05) is 12.1 Å². The van der Waals surface area contributed by atoms with Crippen LogP contribution in [-0.4, -0.2) is 51.1 Å². The highest BCUT2D eigenvalue weighted by molar-refractivity contribution is 7.05. The van der Waals surface area contributed by atoms with Gasteiger partial charge >= 0.3 is 0 Å². The Hall–Kier alpha value is -1.37. The SMILES string of the molecule is Cc1nnsc1CN1C[C@@H](c2ccc(F)cc2)[C@@H]2[C@H]1C1CCN2CC1. The highest BCUT2D eigenvalue weighted by Crippen LogP contribution is 2.47. The van der Waals surface area contributed by atoms with Crippen LogP contribution in [0.4, 0.5) is 4.39 Å². The van der Waals surface area contributed by atoms with E-state index >= 15 is 0 Å². The van der Waals surface area contributed by atoms with Crippen LogP contribution in [-0.2, 0) is 6.54 Å². The van der Waals surface area contributed by atoms with Crippen molar-refractivity contribution in [1.29, 1.82) is 0 Å². The van der Waals surface area contributed by atoms with Gasteiger partial charge < -0.3 is 0 Å². The number of nitrogens with zero attached hydrogens (tertiary/aromatic N) is 4. The van der Waals surface area contributed by atoms with Gasteiger partial charge in [-0.1, -0.05) is 16.6 Å². The topological polar surface area (TPSA) is 32.3 Å². The van der Waals surface area contributed by atoms with Crippen molar-refractivity contribution in [3.8, 4) is 0 Å². The first-order valence-corrected chi connectivity index (χ1v) is 9.99. The predicted molar refractivity (Wildman–Crippen MR) is 96.1 cm³/mol. The van der Waals surface area contributed by atoms with Crippen LogP contribution >= 0.6 is 11.5 Å². The highest BCUT2D eigenvalue weighted by atomic mass is 32.1. The second-order valence-electron chi connectivity index (χ2n) is 7.72. The molecule has 6 heteroatoms. The molecule has 4 aliphatic heterocycles. The first-order valence-electron chi connectivity index (χ1n) is 9.22. The van der Waals surface area contributed by atoms with Crippen LogP contribution in [0.5, 0.6) is 0 Å². The number of likely N-dealkylation sites (tertiary alicyclic amines) is 1. The van der Waals surface area contributed by atoms with Crippen molar-refractivity contribution in [2.75, 3.05) is 19.6 Å². The summed E-state index contributed by atoms with van der Waals surface area (Å²) in [4.78, 5) is 6.64. The van der Waals surface area contributed by atoms with Crippen molar-refractivity contribution in [2.45, 2.75) is 44.3 Å². The van der Waals surface area contributed by atoms with Gasteiger partial charge in [-0.2, -0.15) is 0 Å². The van der Waals surface area contributed by atoms with E-state index in [-0.39, 0.29) is 5.82 Å². The number of piperidine rings is 3. The van der Waals surface area contributed by atoms with Gasteiger partial charge in [-0.15, -0.1) is 5.10 Å². The summed E-state index contributed by atoms with van der Waals surface area (Å²) in [5.74, 6) is 1.11. The Balaban J connectivity index is 1.48. The van der Waals surface area contributed by atoms with Gasteiger partial charge in [0.15, 0.2) is 0 Å². The summed E-state index contributed by atoms with van der Waals surface area (Å²) in [6, 6.07) is 8.38. The Labute approximate surface area is 151 Å². The molecule has 4 saturated heterocycles. The minimum absolute atomic E-state index is 0.146. The molecule has 0 spiro atoms. The molecule has 0 radical (unpaired) electrons. The van der Waals surface area contributed by atoms with E-state index in [0.717, 1.165) is 24.7 Å². The largest absolute Gasteiger partial charge is 0.298 e. The zero-order chi connectivity index (χ0) is 17.0. The van der Waals surface area contributed by atoms with Crippen molar-refractivity contribution < 1.29 is 4.39 Å². The first-order chi connectivity index (χ1) is 12.2. The van der Waals surface area contributed by atoms with Gasteiger partial charge in [0.25, 0.3) is 0 Å². The van der Waals surface area contributed by atoms with E-state index in [1.165, 1.54) is 47.9 Å². The van der Waals surface area contributed by atoms with Crippen LogP contribution in [0, 0.1) is 18.7 Å². The number of aromatic nitrogens is 2. The third-order valence-corrected chi connectivity index (χ3v) is 7.29.